The van der Waals surface area contributed by atoms with Gasteiger partial charge in [0.05, 0.1) is 5.92 Å². The summed E-state index contributed by atoms with van der Waals surface area (Å²) in [7, 11) is 2.06. The summed E-state index contributed by atoms with van der Waals surface area (Å²) in [6.07, 6.45) is 0. The lowest BCUT2D eigenvalue weighted by atomic mass is 9.88. The number of hydrogen-bond acceptors (Lipinski definition) is 4. The lowest BCUT2D eigenvalue weighted by Crippen LogP contribution is -2.28. The van der Waals surface area contributed by atoms with E-state index in [1.54, 1.807) is 0 Å². The molecule has 25 heavy (non-hydrogen) atoms. The highest BCUT2D eigenvalue weighted by Gasteiger charge is 2.37. The van der Waals surface area contributed by atoms with Crippen LogP contribution < -0.4 is 14.8 Å². The zero-order valence-electron chi connectivity index (χ0n) is 14.3. The largest absolute Gasteiger partial charge is 0.486 e. The molecular formula is C20H22N2O3. The Morgan fingerprint density at radius 3 is 2.60 bits per heavy atom. The number of ether oxygens (including phenoxy) is 2. The van der Waals surface area contributed by atoms with Crippen molar-refractivity contribution >= 4 is 11.6 Å². The highest BCUT2D eigenvalue weighted by Crippen LogP contribution is 2.35. The summed E-state index contributed by atoms with van der Waals surface area (Å²) in [5.74, 6) is 1.61. The van der Waals surface area contributed by atoms with Crippen molar-refractivity contribution in [2.24, 2.45) is 5.92 Å². The van der Waals surface area contributed by atoms with Crippen LogP contribution in [0.2, 0.25) is 0 Å². The maximum Gasteiger partial charge on any atom is 0.229 e. The molecular weight excluding hydrogens is 316 g/mol. The Balaban J connectivity index is 1.51. The second kappa shape index (κ2) is 6.76. The van der Waals surface area contributed by atoms with Crippen LogP contribution in [0.3, 0.4) is 0 Å². The predicted octanol–water partition coefficient (Wildman–Crippen LogP) is 2.74. The second-order valence-electron chi connectivity index (χ2n) is 6.69. The Morgan fingerprint density at radius 1 is 1.04 bits per heavy atom. The zero-order valence-corrected chi connectivity index (χ0v) is 14.3. The predicted molar refractivity (Wildman–Crippen MR) is 96.2 cm³/mol. The van der Waals surface area contributed by atoms with Crippen LogP contribution in [-0.4, -0.2) is 44.2 Å². The van der Waals surface area contributed by atoms with Crippen LogP contribution in [-0.2, 0) is 4.79 Å². The minimum Gasteiger partial charge on any atom is -0.486 e. The maximum atomic E-state index is 12.9. The Morgan fingerprint density at radius 2 is 1.80 bits per heavy atom. The standard InChI is InChI=1S/C20H22N2O3/c1-22-12-16(14-5-3-2-4-6-14)17(13-22)20(23)21-15-7-8-18-19(11-15)25-10-9-24-18/h2-8,11,16-17H,9-10,12-13H2,1H3,(H,21,23)/t16-,17-/m0/s1. The Hall–Kier alpha value is -2.53. The van der Waals surface area contributed by atoms with Crippen LogP contribution in [0.5, 0.6) is 11.5 Å². The summed E-state index contributed by atoms with van der Waals surface area (Å²) in [5.41, 5.74) is 1.96. The number of nitrogens with one attached hydrogen (secondary N) is 1. The molecule has 0 radical (unpaired) electrons. The number of benzene rings is 2. The first-order valence-corrected chi connectivity index (χ1v) is 8.65. The van der Waals surface area contributed by atoms with E-state index in [0.29, 0.717) is 19.0 Å². The van der Waals surface area contributed by atoms with Gasteiger partial charge in [0.2, 0.25) is 5.91 Å². The zero-order chi connectivity index (χ0) is 17.2. The molecule has 0 saturated carbocycles. The molecule has 0 aliphatic carbocycles. The maximum absolute atomic E-state index is 12.9. The van der Waals surface area contributed by atoms with Crippen molar-refractivity contribution in [2.75, 3.05) is 38.7 Å². The second-order valence-corrected chi connectivity index (χ2v) is 6.69. The first kappa shape index (κ1) is 16.0. The highest BCUT2D eigenvalue weighted by atomic mass is 16.6. The fraction of sp³-hybridized carbons (Fsp3) is 0.350. The third kappa shape index (κ3) is 3.33. The normalized spacial score (nSPS) is 22.6. The number of fused-ring (bicyclic) bond motifs is 1. The quantitative estimate of drug-likeness (QED) is 0.935. The third-order valence-electron chi connectivity index (χ3n) is 4.88. The molecule has 5 nitrogen and oxygen atoms in total. The van der Waals surface area contributed by atoms with E-state index in [1.165, 1.54) is 5.56 Å². The van der Waals surface area contributed by atoms with E-state index in [0.717, 1.165) is 24.5 Å². The SMILES string of the molecule is CN1C[C@H](C(=O)Nc2ccc3c(c2)OCCO3)[C@H](c2ccccc2)C1. The van der Waals surface area contributed by atoms with Gasteiger partial charge in [-0.15, -0.1) is 0 Å². The van der Waals surface area contributed by atoms with E-state index < -0.39 is 0 Å². The molecule has 1 N–H and O–H groups in total. The monoisotopic (exact) mass is 338 g/mol. The van der Waals surface area contributed by atoms with Gasteiger partial charge in [0.25, 0.3) is 0 Å². The van der Waals surface area contributed by atoms with E-state index in [1.807, 2.05) is 36.4 Å². The van der Waals surface area contributed by atoms with Crippen molar-refractivity contribution in [3.63, 3.8) is 0 Å². The van der Waals surface area contributed by atoms with Crippen LogP contribution in [0.25, 0.3) is 0 Å². The van der Waals surface area contributed by atoms with E-state index >= 15 is 0 Å². The van der Waals surface area contributed by atoms with Gasteiger partial charge in [0.15, 0.2) is 11.5 Å². The lowest BCUT2D eigenvalue weighted by molar-refractivity contribution is -0.119. The smallest absolute Gasteiger partial charge is 0.229 e. The fourth-order valence-corrected chi connectivity index (χ4v) is 3.66. The number of carbonyl (C=O) groups is 1. The number of likely N-dealkylation sites (tertiary alicyclic amines) is 1. The number of amides is 1. The highest BCUT2D eigenvalue weighted by molar-refractivity contribution is 5.94. The lowest BCUT2D eigenvalue weighted by Gasteiger charge is -2.21. The number of anilines is 1. The van der Waals surface area contributed by atoms with E-state index in [2.05, 4.69) is 29.4 Å². The number of nitrogens with zero attached hydrogens (tertiary/aromatic N) is 1. The average Bonchev–Trinajstić information content (AvgIpc) is 3.04. The van der Waals surface area contributed by atoms with Gasteiger partial charge in [-0.1, -0.05) is 30.3 Å². The van der Waals surface area contributed by atoms with Gasteiger partial charge in [0, 0.05) is 30.8 Å². The van der Waals surface area contributed by atoms with Crippen LogP contribution >= 0.6 is 0 Å². The topological polar surface area (TPSA) is 50.8 Å². The van der Waals surface area contributed by atoms with E-state index in [-0.39, 0.29) is 17.7 Å². The van der Waals surface area contributed by atoms with Crippen LogP contribution in [0.4, 0.5) is 5.69 Å². The molecule has 0 bridgehead atoms. The summed E-state index contributed by atoms with van der Waals surface area (Å²) in [4.78, 5) is 15.1. The van der Waals surface area contributed by atoms with Crippen molar-refractivity contribution in [1.82, 2.24) is 4.90 Å². The molecule has 4 rings (SSSR count). The Kier molecular flexibility index (Phi) is 4.32. The molecule has 2 aliphatic heterocycles. The summed E-state index contributed by atoms with van der Waals surface area (Å²) >= 11 is 0. The molecule has 0 unspecified atom stereocenters. The van der Waals surface area contributed by atoms with Crippen molar-refractivity contribution in [3.8, 4) is 11.5 Å². The average molecular weight is 338 g/mol. The molecule has 2 heterocycles. The van der Waals surface area contributed by atoms with Gasteiger partial charge >= 0.3 is 0 Å². The van der Waals surface area contributed by atoms with Crippen molar-refractivity contribution < 1.29 is 14.3 Å². The molecule has 1 saturated heterocycles. The van der Waals surface area contributed by atoms with Crippen LogP contribution in [0.1, 0.15) is 11.5 Å². The molecule has 0 spiro atoms. The van der Waals surface area contributed by atoms with Crippen molar-refractivity contribution in [2.45, 2.75) is 5.92 Å². The first-order chi connectivity index (χ1) is 12.2. The summed E-state index contributed by atoms with van der Waals surface area (Å²) in [6, 6.07) is 15.8. The summed E-state index contributed by atoms with van der Waals surface area (Å²) < 4.78 is 11.1. The van der Waals surface area contributed by atoms with Crippen molar-refractivity contribution in [1.29, 1.82) is 0 Å². The fourth-order valence-electron chi connectivity index (χ4n) is 3.66. The summed E-state index contributed by atoms with van der Waals surface area (Å²) in [5, 5.41) is 3.05. The third-order valence-corrected chi connectivity index (χ3v) is 4.88. The molecule has 1 amide bonds. The van der Waals surface area contributed by atoms with Gasteiger partial charge in [-0.05, 0) is 24.7 Å². The number of rotatable bonds is 3. The number of hydrogen-bond donors (Lipinski definition) is 1. The molecule has 1 fully saturated rings. The minimum atomic E-state index is -0.0689. The van der Waals surface area contributed by atoms with E-state index in [4.69, 9.17) is 9.47 Å². The molecule has 5 heteroatoms. The van der Waals surface area contributed by atoms with Crippen LogP contribution in [0.15, 0.2) is 48.5 Å². The molecule has 2 aliphatic rings. The number of likely N-dealkylation sites (N-methyl/N-ethyl adjacent to an activating group) is 1. The first-order valence-electron chi connectivity index (χ1n) is 8.65. The van der Waals surface area contributed by atoms with Gasteiger partial charge in [-0.2, -0.15) is 0 Å². The van der Waals surface area contributed by atoms with Gasteiger partial charge in [-0.3, -0.25) is 4.79 Å². The number of carbonyl (C=O) groups excluding carboxylic acids is 1. The molecule has 2 atom stereocenters. The van der Waals surface area contributed by atoms with Crippen molar-refractivity contribution in [3.05, 3.63) is 54.1 Å². The molecule has 2 aromatic carbocycles. The Labute approximate surface area is 147 Å². The van der Waals surface area contributed by atoms with Gasteiger partial charge < -0.3 is 19.7 Å². The van der Waals surface area contributed by atoms with Gasteiger partial charge in [-0.25, -0.2) is 0 Å². The summed E-state index contributed by atoms with van der Waals surface area (Å²) in [6.45, 7) is 2.75. The minimum absolute atomic E-state index is 0.0508. The van der Waals surface area contributed by atoms with E-state index in [9.17, 15) is 4.79 Å². The Bertz CT molecular complexity index is 763. The van der Waals surface area contributed by atoms with Crippen LogP contribution in [0, 0.1) is 5.92 Å². The van der Waals surface area contributed by atoms with Gasteiger partial charge in [0.1, 0.15) is 13.2 Å². The molecule has 130 valence electrons. The molecule has 2 aromatic rings. The molecule has 0 aromatic heterocycles.